The fourth-order valence-corrected chi connectivity index (χ4v) is 3.76. The van der Waals surface area contributed by atoms with Gasteiger partial charge in [-0.05, 0) is 27.7 Å². The van der Waals surface area contributed by atoms with Crippen molar-refractivity contribution in [1.82, 2.24) is 9.55 Å². The van der Waals surface area contributed by atoms with E-state index in [2.05, 4.69) is 4.98 Å². The number of ether oxygens (including phenoxy) is 5. The third kappa shape index (κ3) is 3.11. The first-order chi connectivity index (χ1) is 12.6. The maximum absolute atomic E-state index is 12.3. The second-order valence-electron chi connectivity index (χ2n) is 7.74. The summed E-state index contributed by atoms with van der Waals surface area (Å²) in [7, 11) is 0. The van der Waals surface area contributed by atoms with Crippen LogP contribution < -0.4 is 11.2 Å². The zero-order valence-electron chi connectivity index (χ0n) is 15.4. The lowest BCUT2D eigenvalue weighted by molar-refractivity contribution is -0.215. The molecule has 5 unspecified atom stereocenters. The number of nitriles is 1. The summed E-state index contributed by atoms with van der Waals surface area (Å²) in [4.78, 5) is 26.2. The fourth-order valence-electron chi connectivity index (χ4n) is 3.76. The van der Waals surface area contributed by atoms with Gasteiger partial charge in [0, 0.05) is 6.20 Å². The summed E-state index contributed by atoms with van der Waals surface area (Å²) in [6, 6.07) is 1.76. The van der Waals surface area contributed by atoms with Gasteiger partial charge in [0.2, 0.25) is 0 Å². The third-order valence-corrected chi connectivity index (χ3v) is 4.82. The van der Waals surface area contributed by atoms with E-state index in [0.29, 0.717) is 6.61 Å². The van der Waals surface area contributed by atoms with E-state index < -0.39 is 53.5 Å². The molecular weight excluding hydrogens is 358 g/mol. The third-order valence-electron chi connectivity index (χ3n) is 4.82. The van der Waals surface area contributed by atoms with Gasteiger partial charge in [0.1, 0.15) is 36.0 Å². The summed E-state index contributed by atoms with van der Waals surface area (Å²) >= 11 is 0. The Hall–Kier alpha value is -2.03. The van der Waals surface area contributed by atoms with Gasteiger partial charge in [-0.25, -0.2) is 4.79 Å². The Kier molecular flexibility index (Phi) is 4.06. The molecule has 3 aliphatic heterocycles. The van der Waals surface area contributed by atoms with E-state index in [0.717, 1.165) is 4.57 Å². The first-order valence-corrected chi connectivity index (χ1v) is 8.69. The van der Waals surface area contributed by atoms with Crippen molar-refractivity contribution in [2.75, 3.05) is 6.61 Å². The van der Waals surface area contributed by atoms with Crippen LogP contribution in [0.5, 0.6) is 0 Å². The number of nitrogens with one attached hydrogen (secondary N) is 1. The largest absolute Gasteiger partial charge is 0.348 e. The van der Waals surface area contributed by atoms with Gasteiger partial charge >= 0.3 is 5.69 Å². The van der Waals surface area contributed by atoms with Crippen LogP contribution in [0.3, 0.4) is 0 Å². The van der Waals surface area contributed by atoms with E-state index in [-0.39, 0.29) is 5.56 Å². The van der Waals surface area contributed by atoms with Gasteiger partial charge in [-0.1, -0.05) is 0 Å². The first-order valence-electron chi connectivity index (χ1n) is 8.69. The molecule has 0 radical (unpaired) electrons. The summed E-state index contributed by atoms with van der Waals surface area (Å²) in [5.74, 6) is -1.63. The molecule has 4 rings (SSSR count). The monoisotopic (exact) mass is 379 g/mol. The van der Waals surface area contributed by atoms with Gasteiger partial charge in [-0.3, -0.25) is 14.3 Å². The average molecular weight is 379 g/mol. The minimum absolute atomic E-state index is 0.196. The molecule has 3 fully saturated rings. The number of aromatic nitrogens is 2. The Morgan fingerprint density at radius 2 is 1.81 bits per heavy atom. The van der Waals surface area contributed by atoms with Gasteiger partial charge in [-0.2, -0.15) is 5.26 Å². The smallest absolute Gasteiger partial charge is 0.330 e. The molecule has 10 nitrogen and oxygen atoms in total. The van der Waals surface area contributed by atoms with Crippen molar-refractivity contribution in [1.29, 1.82) is 5.26 Å². The second kappa shape index (κ2) is 5.98. The summed E-state index contributed by atoms with van der Waals surface area (Å²) in [6.45, 7) is 7.45. The highest BCUT2D eigenvalue weighted by molar-refractivity contribution is 5.22. The van der Waals surface area contributed by atoms with Gasteiger partial charge in [0.05, 0.1) is 6.61 Å². The highest BCUT2D eigenvalue weighted by Crippen LogP contribution is 2.45. The molecule has 3 aliphatic rings. The van der Waals surface area contributed by atoms with Gasteiger partial charge in [0.25, 0.3) is 5.56 Å². The number of rotatable bonds is 2. The summed E-state index contributed by atoms with van der Waals surface area (Å²) in [5.41, 5.74) is -1.64. The number of hydrogen-bond donors (Lipinski definition) is 1. The van der Waals surface area contributed by atoms with E-state index in [4.69, 9.17) is 28.9 Å². The van der Waals surface area contributed by atoms with Gasteiger partial charge in [-0.15, -0.1) is 0 Å². The normalized spacial score (nSPS) is 36.5. The van der Waals surface area contributed by atoms with E-state index in [9.17, 15) is 9.59 Å². The van der Waals surface area contributed by atoms with Gasteiger partial charge < -0.3 is 23.7 Å². The molecular formula is C17H21N3O7. The average Bonchev–Trinajstić information content (AvgIpc) is 3.18. The van der Waals surface area contributed by atoms with Crippen LogP contribution in [0, 0.1) is 11.3 Å². The van der Waals surface area contributed by atoms with Crippen molar-refractivity contribution < 1.29 is 23.7 Å². The maximum Gasteiger partial charge on any atom is 0.330 e. The van der Waals surface area contributed by atoms with Crippen LogP contribution in [0.25, 0.3) is 0 Å². The Morgan fingerprint density at radius 3 is 2.44 bits per heavy atom. The Labute approximate surface area is 154 Å². The van der Waals surface area contributed by atoms with Crippen molar-refractivity contribution in [2.45, 2.75) is 69.9 Å². The van der Waals surface area contributed by atoms with Crippen molar-refractivity contribution in [3.8, 4) is 6.07 Å². The van der Waals surface area contributed by atoms with Gasteiger partial charge in [0.15, 0.2) is 17.8 Å². The molecule has 0 amide bonds. The quantitative estimate of drug-likeness (QED) is 0.760. The SMILES string of the molecule is CC1(C)OCC(C2OC(n3cc(C#N)c(=O)[nH]c3=O)C3OC(C)(C)OC23)O1. The van der Waals surface area contributed by atoms with E-state index >= 15 is 0 Å². The molecule has 0 aromatic carbocycles. The summed E-state index contributed by atoms with van der Waals surface area (Å²) in [5, 5.41) is 9.11. The Morgan fingerprint density at radius 1 is 1.11 bits per heavy atom. The number of H-pyrrole nitrogens is 1. The molecule has 0 bridgehead atoms. The van der Waals surface area contributed by atoms with E-state index in [1.165, 1.54) is 6.20 Å². The topological polar surface area (TPSA) is 125 Å². The minimum atomic E-state index is -0.884. The van der Waals surface area contributed by atoms with E-state index in [1.54, 1.807) is 33.8 Å². The number of nitrogens with zero attached hydrogens (tertiary/aromatic N) is 2. The lowest BCUT2D eigenvalue weighted by atomic mass is 10.1. The Bertz CT molecular complexity index is 912. The Balaban J connectivity index is 1.71. The molecule has 27 heavy (non-hydrogen) atoms. The molecule has 3 saturated heterocycles. The maximum atomic E-state index is 12.3. The predicted octanol–water partition coefficient (Wildman–Crippen LogP) is -0.0227. The molecule has 1 aromatic heterocycles. The molecule has 0 aliphatic carbocycles. The van der Waals surface area contributed by atoms with Crippen molar-refractivity contribution in [3.05, 3.63) is 32.6 Å². The van der Waals surface area contributed by atoms with Crippen LogP contribution in [0.4, 0.5) is 0 Å². The van der Waals surface area contributed by atoms with Crippen LogP contribution in [0.1, 0.15) is 39.5 Å². The minimum Gasteiger partial charge on any atom is -0.348 e. The first kappa shape index (κ1) is 18.3. The van der Waals surface area contributed by atoms with E-state index in [1.807, 2.05) is 0 Å². The summed E-state index contributed by atoms with van der Waals surface area (Å²) in [6.07, 6.45) is -1.79. The second-order valence-corrected chi connectivity index (χ2v) is 7.74. The van der Waals surface area contributed by atoms with Crippen molar-refractivity contribution in [2.24, 2.45) is 0 Å². The molecule has 0 spiro atoms. The number of hydrogen-bond acceptors (Lipinski definition) is 8. The zero-order chi connectivity index (χ0) is 19.6. The zero-order valence-corrected chi connectivity index (χ0v) is 15.4. The van der Waals surface area contributed by atoms with Crippen LogP contribution in [-0.4, -0.2) is 52.1 Å². The molecule has 4 heterocycles. The molecule has 1 N–H and O–H groups in total. The standard InChI is InChI=1S/C17H21N3O7/c1-16(2)23-7-9(25-16)10-11-12(27-17(3,4)26-11)14(24-10)20-6-8(5-18)13(21)19-15(20)22/h6,9-12,14H,7H2,1-4H3,(H,19,21,22). The van der Waals surface area contributed by atoms with Crippen LogP contribution in [0.2, 0.25) is 0 Å². The molecule has 0 saturated carbocycles. The number of fused-ring (bicyclic) bond motifs is 1. The van der Waals surface area contributed by atoms with Crippen LogP contribution in [-0.2, 0) is 23.7 Å². The summed E-state index contributed by atoms with van der Waals surface area (Å²) < 4.78 is 30.7. The van der Waals surface area contributed by atoms with Crippen molar-refractivity contribution >= 4 is 0 Å². The van der Waals surface area contributed by atoms with Crippen molar-refractivity contribution in [3.63, 3.8) is 0 Å². The fraction of sp³-hybridized carbons (Fsp3) is 0.706. The lowest BCUT2D eigenvalue weighted by Gasteiger charge is -2.27. The predicted molar refractivity (Wildman–Crippen MR) is 88.7 cm³/mol. The molecule has 146 valence electrons. The highest BCUT2D eigenvalue weighted by atomic mass is 16.8. The molecule has 5 atom stereocenters. The lowest BCUT2D eigenvalue weighted by Crippen LogP contribution is -2.40. The number of aromatic amines is 1. The highest BCUT2D eigenvalue weighted by Gasteiger charge is 2.59. The molecule has 10 heteroatoms. The van der Waals surface area contributed by atoms with Crippen LogP contribution in [0.15, 0.2) is 15.8 Å². The van der Waals surface area contributed by atoms with Crippen LogP contribution >= 0.6 is 0 Å². The molecule has 1 aromatic rings.